The SMILES string of the molecule is CC[C@H](C(=O)NC)N(Cc1ccc(Cl)cc1)C(=O)CN(c1ccc(Cl)c(Cl)c1)S(=O)(=O)c1ccc(C)cc1. The molecule has 0 fully saturated rings. The second-order valence-corrected chi connectivity index (χ2v) is 11.7. The highest BCUT2D eigenvalue weighted by Gasteiger charge is 2.33. The van der Waals surface area contributed by atoms with Gasteiger partial charge in [-0.2, -0.15) is 0 Å². The minimum atomic E-state index is -4.20. The second-order valence-electron chi connectivity index (χ2n) is 8.61. The fraction of sp³-hybridized carbons (Fsp3) is 0.259. The molecule has 0 saturated carbocycles. The third-order valence-electron chi connectivity index (χ3n) is 5.98. The lowest BCUT2D eigenvalue weighted by Crippen LogP contribution is -2.51. The van der Waals surface area contributed by atoms with Gasteiger partial charge in [0.1, 0.15) is 12.6 Å². The number of carbonyl (C=O) groups excluding carboxylic acids is 2. The van der Waals surface area contributed by atoms with Gasteiger partial charge < -0.3 is 10.2 Å². The van der Waals surface area contributed by atoms with E-state index in [2.05, 4.69) is 5.32 Å². The van der Waals surface area contributed by atoms with Crippen molar-refractivity contribution in [3.63, 3.8) is 0 Å². The third kappa shape index (κ3) is 6.99. The highest BCUT2D eigenvalue weighted by Crippen LogP contribution is 2.31. The molecule has 0 aliphatic heterocycles. The summed E-state index contributed by atoms with van der Waals surface area (Å²) in [6.07, 6.45) is 0.316. The Morgan fingerprint density at radius 3 is 2.11 bits per heavy atom. The molecule has 3 aromatic carbocycles. The summed E-state index contributed by atoms with van der Waals surface area (Å²) in [6.45, 7) is 3.12. The normalized spacial score (nSPS) is 12.1. The van der Waals surface area contributed by atoms with Gasteiger partial charge in [0, 0.05) is 18.6 Å². The fourth-order valence-corrected chi connectivity index (χ4v) is 5.70. The molecule has 3 aromatic rings. The van der Waals surface area contributed by atoms with Gasteiger partial charge in [-0.1, -0.05) is 71.6 Å². The number of likely N-dealkylation sites (N-methyl/N-ethyl adjacent to an activating group) is 1. The molecule has 0 aliphatic carbocycles. The Kier molecular flexibility index (Phi) is 10.1. The van der Waals surface area contributed by atoms with Gasteiger partial charge in [0.25, 0.3) is 10.0 Å². The van der Waals surface area contributed by atoms with E-state index in [1.807, 2.05) is 6.92 Å². The van der Waals surface area contributed by atoms with Crippen molar-refractivity contribution in [3.8, 4) is 0 Å². The quantitative estimate of drug-likeness (QED) is 0.325. The Hall–Kier alpha value is -2.78. The lowest BCUT2D eigenvalue weighted by atomic mass is 10.1. The second kappa shape index (κ2) is 12.8. The topological polar surface area (TPSA) is 86.8 Å². The molecule has 0 aliphatic rings. The summed E-state index contributed by atoms with van der Waals surface area (Å²) in [4.78, 5) is 28.0. The molecule has 3 rings (SSSR count). The molecule has 7 nitrogen and oxygen atoms in total. The zero-order valence-electron chi connectivity index (χ0n) is 21.1. The first-order chi connectivity index (χ1) is 18.0. The van der Waals surface area contributed by atoms with Crippen LogP contribution in [0.5, 0.6) is 0 Å². The molecular formula is C27H28Cl3N3O4S. The standard InChI is InChI=1S/C27H28Cl3N3O4S/c1-4-25(27(35)31-3)32(16-19-7-9-20(28)10-8-19)26(34)17-33(21-11-14-23(29)24(30)15-21)38(36,37)22-12-5-18(2)6-13-22/h5-15,25H,4,16-17H2,1-3H3,(H,31,35)/t25-/m1/s1. The highest BCUT2D eigenvalue weighted by atomic mass is 35.5. The van der Waals surface area contributed by atoms with Gasteiger partial charge in [0.05, 0.1) is 20.6 Å². The van der Waals surface area contributed by atoms with Crippen molar-refractivity contribution in [3.05, 3.63) is 92.9 Å². The highest BCUT2D eigenvalue weighted by molar-refractivity contribution is 7.92. The predicted octanol–water partition coefficient (Wildman–Crippen LogP) is 5.70. The average Bonchev–Trinajstić information content (AvgIpc) is 2.89. The molecule has 38 heavy (non-hydrogen) atoms. The van der Waals surface area contributed by atoms with Gasteiger partial charge in [-0.25, -0.2) is 8.42 Å². The van der Waals surface area contributed by atoms with Gasteiger partial charge in [-0.3, -0.25) is 13.9 Å². The summed E-state index contributed by atoms with van der Waals surface area (Å²) in [5.41, 5.74) is 1.77. The van der Waals surface area contributed by atoms with E-state index in [1.165, 1.54) is 42.3 Å². The van der Waals surface area contributed by atoms with Gasteiger partial charge >= 0.3 is 0 Å². The molecule has 1 atom stereocenters. The third-order valence-corrected chi connectivity index (χ3v) is 8.76. The molecule has 0 aromatic heterocycles. The zero-order valence-corrected chi connectivity index (χ0v) is 24.2. The van der Waals surface area contributed by atoms with Crippen molar-refractivity contribution in [1.82, 2.24) is 10.2 Å². The van der Waals surface area contributed by atoms with E-state index < -0.39 is 28.5 Å². The van der Waals surface area contributed by atoms with E-state index in [0.29, 0.717) is 11.4 Å². The summed E-state index contributed by atoms with van der Waals surface area (Å²) in [6, 6.07) is 16.7. The zero-order chi connectivity index (χ0) is 28.0. The Morgan fingerprint density at radius 2 is 1.55 bits per heavy atom. The molecule has 2 amide bonds. The Bertz CT molecular complexity index is 1400. The molecule has 0 saturated heterocycles. The number of carbonyl (C=O) groups is 2. The molecule has 202 valence electrons. The van der Waals surface area contributed by atoms with Crippen LogP contribution in [0.3, 0.4) is 0 Å². The number of rotatable bonds is 10. The maximum atomic E-state index is 13.9. The predicted molar refractivity (Wildman–Crippen MR) is 152 cm³/mol. The largest absolute Gasteiger partial charge is 0.357 e. The Morgan fingerprint density at radius 1 is 0.921 bits per heavy atom. The van der Waals surface area contributed by atoms with Crippen molar-refractivity contribution in [2.75, 3.05) is 17.9 Å². The number of nitrogens with zero attached hydrogens (tertiary/aromatic N) is 2. The van der Waals surface area contributed by atoms with Crippen LogP contribution in [-0.2, 0) is 26.2 Å². The van der Waals surface area contributed by atoms with E-state index >= 15 is 0 Å². The lowest BCUT2D eigenvalue weighted by Gasteiger charge is -2.33. The van der Waals surface area contributed by atoms with Gasteiger partial charge in [-0.05, 0) is 61.4 Å². The first-order valence-electron chi connectivity index (χ1n) is 11.8. The summed E-state index contributed by atoms with van der Waals surface area (Å²) < 4.78 is 28.6. The molecule has 0 heterocycles. The lowest BCUT2D eigenvalue weighted by molar-refractivity contribution is -0.140. The van der Waals surface area contributed by atoms with Crippen LogP contribution in [0.25, 0.3) is 0 Å². The minimum Gasteiger partial charge on any atom is -0.357 e. The van der Waals surface area contributed by atoms with Crippen molar-refractivity contribution in [2.24, 2.45) is 0 Å². The number of amides is 2. The molecular weight excluding hydrogens is 569 g/mol. The monoisotopic (exact) mass is 595 g/mol. The summed E-state index contributed by atoms with van der Waals surface area (Å²) >= 11 is 18.3. The number of halogens is 3. The number of hydrogen-bond acceptors (Lipinski definition) is 4. The van der Waals surface area contributed by atoms with Gasteiger partial charge in [-0.15, -0.1) is 0 Å². The maximum absolute atomic E-state index is 13.9. The first-order valence-corrected chi connectivity index (χ1v) is 14.3. The maximum Gasteiger partial charge on any atom is 0.264 e. The number of aryl methyl sites for hydroxylation is 1. The molecule has 0 radical (unpaired) electrons. The van der Waals surface area contributed by atoms with Crippen LogP contribution >= 0.6 is 34.8 Å². The average molecular weight is 597 g/mol. The summed E-state index contributed by atoms with van der Waals surface area (Å²) in [5.74, 6) is -0.936. The van der Waals surface area contributed by atoms with Crippen molar-refractivity contribution in [2.45, 2.75) is 37.8 Å². The van der Waals surface area contributed by atoms with Crippen LogP contribution in [-0.4, -0.2) is 44.8 Å². The van der Waals surface area contributed by atoms with E-state index in [0.717, 1.165) is 15.4 Å². The molecule has 0 spiro atoms. The van der Waals surface area contributed by atoms with Crippen molar-refractivity contribution >= 4 is 62.3 Å². The van der Waals surface area contributed by atoms with E-state index in [1.54, 1.807) is 43.3 Å². The van der Waals surface area contributed by atoms with E-state index in [-0.39, 0.29) is 33.1 Å². The molecule has 0 bridgehead atoms. The van der Waals surface area contributed by atoms with Crippen LogP contribution in [0.2, 0.25) is 15.1 Å². The Labute approximate surface area is 238 Å². The van der Waals surface area contributed by atoms with Crippen LogP contribution < -0.4 is 9.62 Å². The molecule has 11 heteroatoms. The van der Waals surface area contributed by atoms with Gasteiger partial charge in [0.2, 0.25) is 11.8 Å². The van der Waals surface area contributed by atoms with E-state index in [4.69, 9.17) is 34.8 Å². The summed E-state index contributed by atoms with van der Waals surface area (Å²) in [7, 11) is -2.71. The van der Waals surface area contributed by atoms with Crippen molar-refractivity contribution in [1.29, 1.82) is 0 Å². The molecule has 0 unspecified atom stereocenters. The van der Waals surface area contributed by atoms with Crippen LogP contribution in [0.4, 0.5) is 5.69 Å². The van der Waals surface area contributed by atoms with E-state index in [9.17, 15) is 18.0 Å². The van der Waals surface area contributed by atoms with Crippen molar-refractivity contribution < 1.29 is 18.0 Å². The smallest absolute Gasteiger partial charge is 0.264 e. The number of benzene rings is 3. The fourth-order valence-electron chi connectivity index (χ4n) is 3.88. The first kappa shape index (κ1) is 29.8. The number of anilines is 1. The number of hydrogen-bond donors (Lipinski definition) is 1. The van der Waals surface area contributed by atoms with Crippen LogP contribution in [0, 0.1) is 6.92 Å². The van der Waals surface area contributed by atoms with Crippen LogP contribution in [0.1, 0.15) is 24.5 Å². The number of nitrogens with one attached hydrogen (secondary N) is 1. The summed E-state index contributed by atoms with van der Waals surface area (Å²) in [5, 5.41) is 3.49. The van der Waals surface area contributed by atoms with Gasteiger partial charge in [0.15, 0.2) is 0 Å². The van der Waals surface area contributed by atoms with Crippen LogP contribution in [0.15, 0.2) is 71.6 Å². The molecule has 1 N–H and O–H groups in total. The number of sulfonamides is 1. The minimum absolute atomic E-state index is 0.00423. The Balaban J connectivity index is 2.08.